The largest absolute Gasteiger partial charge is 0.396 e. The van der Waals surface area contributed by atoms with E-state index in [-0.39, 0.29) is 12.5 Å². The van der Waals surface area contributed by atoms with E-state index >= 15 is 0 Å². The van der Waals surface area contributed by atoms with Crippen LogP contribution in [0.25, 0.3) is 0 Å². The van der Waals surface area contributed by atoms with Gasteiger partial charge in [-0.05, 0) is 55.9 Å². The zero-order valence-corrected chi connectivity index (χ0v) is 17.4. The molecule has 1 atom stereocenters. The highest BCUT2D eigenvalue weighted by atomic mass is 35.5. The normalized spacial score (nSPS) is 12.7. The van der Waals surface area contributed by atoms with Crippen molar-refractivity contribution in [3.05, 3.63) is 34.9 Å². The molecule has 27 heavy (non-hydrogen) atoms. The number of hydrogen-bond acceptors (Lipinski definition) is 3. The molecule has 1 amide bonds. The number of nitrogens with one attached hydrogen (secondary N) is 3. The molecule has 0 aliphatic carbocycles. The average Bonchev–Trinajstić information content (AvgIpc) is 2.63. The van der Waals surface area contributed by atoms with Crippen molar-refractivity contribution >= 4 is 23.5 Å². The molecule has 0 heterocycles. The number of rotatable bonds is 11. The fourth-order valence-electron chi connectivity index (χ4n) is 2.76. The van der Waals surface area contributed by atoms with Crippen molar-refractivity contribution in [1.82, 2.24) is 16.0 Å². The number of carbonyl (C=O) groups excluding carboxylic acids is 1. The van der Waals surface area contributed by atoms with E-state index in [1.165, 1.54) is 0 Å². The summed E-state index contributed by atoms with van der Waals surface area (Å²) in [5, 5.41) is 19.1. The standard InChI is InChI=1S/C20H33ClN4O2/c1-4-22-20(25-14-16(9-12-26)13-15(2)3)24-11-10-23-19(27)17-5-7-18(21)8-6-17/h5-8,15-16,26H,4,9-14H2,1-3H3,(H,23,27)(H2,22,24,25). The maximum atomic E-state index is 12.1. The monoisotopic (exact) mass is 396 g/mol. The number of hydrogen-bond donors (Lipinski definition) is 4. The summed E-state index contributed by atoms with van der Waals surface area (Å²) < 4.78 is 0. The molecule has 0 saturated heterocycles. The van der Waals surface area contributed by atoms with E-state index in [0.717, 1.165) is 25.3 Å². The van der Waals surface area contributed by atoms with E-state index < -0.39 is 0 Å². The molecular formula is C20H33ClN4O2. The van der Waals surface area contributed by atoms with Gasteiger partial charge in [-0.2, -0.15) is 0 Å². The van der Waals surface area contributed by atoms with Crippen LogP contribution in [0, 0.1) is 11.8 Å². The minimum Gasteiger partial charge on any atom is -0.396 e. The van der Waals surface area contributed by atoms with Crippen LogP contribution in [-0.4, -0.2) is 49.8 Å². The minimum atomic E-state index is -0.129. The molecule has 0 bridgehead atoms. The quantitative estimate of drug-likeness (QED) is 0.263. The van der Waals surface area contributed by atoms with E-state index in [1.54, 1.807) is 24.3 Å². The first-order valence-electron chi connectivity index (χ1n) is 9.63. The van der Waals surface area contributed by atoms with Crippen molar-refractivity contribution < 1.29 is 9.90 Å². The van der Waals surface area contributed by atoms with E-state index in [9.17, 15) is 9.90 Å². The van der Waals surface area contributed by atoms with Gasteiger partial charge in [0.05, 0.1) is 0 Å². The summed E-state index contributed by atoms with van der Waals surface area (Å²) in [4.78, 5) is 16.7. The molecule has 6 nitrogen and oxygen atoms in total. The smallest absolute Gasteiger partial charge is 0.251 e. The Morgan fingerprint density at radius 1 is 1.15 bits per heavy atom. The molecule has 1 unspecified atom stereocenters. The van der Waals surface area contributed by atoms with Crippen LogP contribution < -0.4 is 16.0 Å². The van der Waals surface area contributed by atoms with Crippen LogP contribution in [0.1, 0.15) is 44.0 Å². The molecule has 0 aromatic heterocycles. The fourth-order valence-corrected chi connectivity index (χ4v) is 2.88. The Balaban J connectivity index is 2.44. The van der Waals surface area contributed by atoms with Crippen molar-refractivity contribution in [2.75, 3.05) is 32.8 Å². The summed E-state index contributed by atoms with van der Waals surface area (Å²) in [6.45, 7) is 9.05. The lowest BCUT2D eigenvalue weighted by Gasteiger charge is -2.17. The molecular weight excluding hydrogens is 364 g/mol. The second-order valence-electron chi connectivity index (χ2n) is 6.92. The van der Waals surface area contributed by atoms with Crippen molar-refractivity contribution in [1.29, 1.82) is 0 Å². The van der Waals surface area contributed by atoms with Crippen LogP contribution in [0.15, 0.2) is 29.3 Å². The van der Waals surface area contributed by atoms with Crippen molar-refractivity contribution in [3.63, 3.8) is 0 Å². The topological polar surface area (TPSA) is 85.8 Å². The Kier molecular flexibility index (Phi) is 11.5. The van der Waals surface area contributed by atoms with Crippen LogP contribution in [0.5, 0.6) is 0 Å². The van der Waals surface area contributed by atoms with Crippen LogP contribution in [-0.2, 0) is 0 Å². The summed E-state index contributed by atoms with van der Waals surface area (Å²) in [7, 11) is 0. The van der Waals surface area contributed by atoms with Gasteiger partial charge in [0.25, 0.3) is 5.91 Å². The lowest BCUT2D eigenvalue weighted by Crippen LogP contribution is -2.41. The van der Waals surface area contributed by atoms with E-state index in [0.29, 0.717) is 42.1 Å². The molecule has 152 valence electrons. The first kappa shape index (κ1) is 23.2. The van der Waals surface area contributed by atoms with Gasteiger partial charge in [0.1, 0.15) is 0 Å². The number of carbonyl (C=O) groups is 1. The Morgan fingerprint density at radius 3 is 2.41 bits per heavy atom. The summed E-state index contributed by atoms with van der Waals surface area (Å²) in [6.07, 6.45) is 1.80. The number of amides is 1. The third-order valence-electron chi connectivity index (χ3n) is 4.00. The number of nitrogens with zero attached hydrogens (tertiary/aromatic N) is 1. The Labute approximate surface area is 167 Å². The number of guanidine groups is 1. The predicted octanol–water partition coefficient (Wildman–Crippen LogP) is 2.67. The molecule has 1 rings (SSSR count). The summed E-state index contributed by atoms with van der Waals surface area (Å²) in [5.74, 6) is 1.55. The van der Waals surface area contributed by atoms with Crippen molar-refractivity contribution in [2.24, 2.45) is 16.8 Å². The van der Waals surface area contributed by atoms with Gasteiger partial charge in [0.15, 0.2) is 5.96 Å². The molecule has 0 fully saturated rings. The Hall–Kier alpha value is -1.79. The van der Waals surface area contributed by atoms with Gasteiger partial charge in [-0.1, -0.05) is 25.4 Å². The molecule has 0 radical (unpaired) electrons. The molecule has 1 aromatic rings. The van der Waals surface area contributed by atoms with Gasteiger partial charge in [-0.3, -0.25) is 9.79 Å². The molecule has 0 aliphatic heterocycles. The Morgan fingerprint density at radius 2 is 1.81 bits per heavy atom. The summed E-state index contributed by atoms with van der Waals surface area (Å²) in [6, 6.07) is 6.80. The van der Waals surface area contributed by atoms with E-state index in [1.807, 2.05) is 6.92 Å². The number of aliphatic hydroxyl groups excluding tert-OH is 1. The van der Waals surface area contributed by atoms with Gasteiger partial charge >= 0.3 is 0 Å². The minimum absolute atomic E-state index is 0.129. The zero-order chi connectivity index (χ0) is 20.1. The maximum Gasteiger partial charge on any atom is 0.251 e. The van der Waals surface area contributed by atoms with Gasteiger partial charge in [0.2, 0.25) is 0 Å². The molecule has 0 saturated carbocycles. The average molecular weight is 397 g/mol. The number of benzene rings is 1. The number of halogens is 1. The second kappa shape index (κ2) is 13.4. The van der Waals surface area contributed by atoms with Crippen molar-refractivity contribution in [3.8, 4) is 0 Å². The second-order valence-corrected chi connectivity index (χ2v) is 7.35. The first-order chi connectivity index (χ1) is 13.0. The molecule has 0 spiro atoms. The van der Waals surface area contributed by atoms with E-state index in [4.69, 9.17) is 11.6 Å². The summed E-state index contributed by atoms with van der Waals surface area (Å²) in [5.41, 5.74) is 0.584. The zero-order valence-electron chi connectivity index (χ0n) is 16.6. The third-order valence-corrected chi connectivity index (χ3v) is 4.26. The van der Waals surface area contributed by atoms with Crippen molar-refractivity contribution in [2.45, 2.75) is 33.6 Å². The highest BCUT2D eigenvalue weighted by Crippen LogP contribution is 2.15. The molecule has 1 aromatic carbocycles. The number of aliphatic hydroxyl groups is 1. The predicted molar refractivity (Wildman–Crippen MR) is 112 cm³/mol. The fraction of sp³-hybridized carbons (Fsp3) is 0.600. The van der Waals surface area contributed by atoms with Crippen LogP contribution >= 0.6 is 11.6 Å². The SMILES string of the molecule is CCNC(=NCC(CCO)CC(C)C)NCCNC(=O)c1ccc(Cl)cc1. The van der Waals surface area contributed by atoms with Gasteiger partial charge in [-0.25, -0.2) is 0 Å². The van der Waals surface area contributed by atoms with Crippen LogP contribution in [0.3, 0.4) is 0 Å². The summed E-state index contributed by atoms with van der Waals surface area (Å²) >= 11 is 5.83. The highest BCUT2D eigenvalue weighted by molar-refractivity contribution is 6.30. The highest BCUT2D eigenvalue weighted by Gasteiger charge is 2.11. The lowest BCUT2D eigenvalue weighted by molar-refractivity contribution is 0.0954. The first-order valence-corrected chi connectivity index (χ1v) is 10.0. The molecule has 7 heteroatoms. The van der Waals surface area contributed by atoms with E-state index in [2.05, 4.69) is 34.8 Å². The third kappa shape index (κ3) is 10.2. The Bertz CT molecular complexity index is 576. The lowest BCUT2D eigenvalue weighted by atomic mass is 9.94. The van der Waals surface area contributed by atoms with Gasteiger partial charge in [-0.15, -0.1) is 0 Å². The molecule has 0 aliphatic rings. The molecule has 4 N–H and O–H groups in total. The number of aliphatic imine (C=N–C) groups is 1. The van der Waals surface area contributed by atoms with Gasteiger partial charge in [0, 0.05) is 43.4 Å². The maximum absolute atomic E-state index is 12.1. The van der Waals surface area contributed by atoms with Gasteiger partial charge < -0.3 is 21.1 Å². The van der Waals surface area contributed by atoms with Crippen LogP contribution in [0.2, 0.25) is 5.02 Å². The van der Waals surface area contributed by atoms with Crippen LogP contribution in [0.4, 0.5) is 0 Å².